The molecule has 2 bridgehead atoms. The van der Waals surface area contributed by atoms with Crippen molar-refractivity contribution in [3.05, 3.63) is 53.8 Å². The summed E-state index contributed by atoms with van der Waals surface area (Å²) in [4.78, 5) is 1.71. The number of thiocarbonyl (C=S) groups is 1. The van der Waals surface area contributed by atoms with Gasteiger partial charge in [0.15, 0.2) is 22.3 Å². The molecule has 2 aliphatic rings. The molecule has 4 nitrogen and oxygen atoms in total. The molecule has 2 aliphatic heterocycles. The van der Waals surface area contributed by atoms with Crippen molar-refractivity contribution < 1.29 is 13.9 Å². The lowest BCUT2D eigenvalue weighted by Gasteiger charge is -2.52. The number of halogens is 1. The van der Waals surface area contributed by atoms with Gasteiger partial charge < -0.3 is 14.8 Å². The van der Waals surface area contributed by atoms with Gasteiger partial charge in [0.25, 0.3) is 0 Å². The third-order valence-corrected chi connectivity index (χ3v) is 4.88. The smallest absolute Gasteiger partial charge is 0.188 e. The molecule has 24 heavy (non-hydrogen) atoms. The molecule has 4 rings (SSSR count). The molecule has 0 aliphatic carbocycles. The van der Waals surface area contributed by atoms with Crippen LogP contribution in [-0.2, 0) is 0 Å². The van der Waals surface area contributed by atoms with Gasteiger partial charge in [-0.05, 0) is 37.3 Å². The molecule has 6 heteroatoms. The molecule has 2 aromatic carbocycles. The van der Waals surface area contributed by atoms with Crippen LogP contribution in [0.3, 0.4) is 0 Å². The largest absolute Gasteiger partial charge is 0.493 e. The number of para-hydroxylation sites is 2. The molecule has 2 aromatic rings. The van der Waals surface area contributed by atoms with Gasteiger partial charge in [0.2, 0.25) is 0 Å². The molecule has 2 heterocycles. The molecule has 0 saturated carbocycles. The Kier molecular flexibility index (Phi) is 3.38. The van der Waals surface area contributed by atoms with E-state index in [1.54, 1.807) is 30.2 Å². The van der Waals surface area contributed by atoms with Gasteiger partial charge in [-0.2, -0.15) is 0 Å². The van der Waals surface area contributed by atoms with Crippen LogP contribution in [0, 0.1) is 5.82 Å². The lowest BCUT2D eigenvalue weighted by atomic mass is 9.90. The fourth-order valence-electron chi connectivity index (χ4n) is 3.52. The Bertz CT molecular complexity index is 828. The van der Waals surface area contributed by atoms with Crippen molar-refractivity contribution >= 4 is 23.0 Å². The van der Waals surface area contributed by atoms with E-state index >= 15 is 0 Å². The average Bonchev–Trinajstić information content (AvgIpc) is 2.55. The van der Waals surface area contributed by atoms with Crippen LogP contribution in [0.1, 0.15) is 24.9 Å². The number of fused-ring (bicyclic) bond motifs is 4. The monoisotopic (exact) mass is 344 g/mol. The van der Waals surface area contributed by atoms with Crippen LogP contribution < -0.4 is 19.7 Å². The molecule has 0 amide bonds. The van der Waals surface area contributed by atoms with Crippen LogP contribution in [0.4, 0.5) is 10.1 Å². The highest BCUT2D eigenvalue weighted by molar-refractivity contribution is 7.80. The van der Waals surface area contributed by atoms with Gasteiger partial charge >= 0.3 is 0 Å². The van der Waals surface area contributed by atoms with Gasteiger partial charge in [-0.3, -0.25) is 4.90 Å². The van der Waals surface area contributed by atoms with E-state index in [1.807, 2.05) is 25.1 Å². The van der Waals surface area contributed by atoms with Crippen molar-refractivity contribution in [2.24, 2.45) is 0 Å². The van der Waals surface area contributed by atoms with E-state index in [-0.39, 0.29) is 11.9 Å². The lowest BCUT2D eigenvalue weighted by molar-refractivity contribution is 0.0459. The van der Waals surface area contributed by atoms with E-state index < -0.39 is 5.72 Å². The molecule has 2 unspecified atom stereocenters. The van der Waals surface area contributed by atoms with Crippen molar-refractivity contribution in [2.75, 3.05) is 12.0 Å². The quantitative estimate of drug-likeness (QED) is 0.839. The summed E-state index contributed by atoms with van der Waals surface area (Å²) < 4.78 is 26.1. The third-order valence-electron chi connectivity index (χ3n) is 4.58. The van der Waals surface area contributed by atoms with Gasteiger partial charge in [0.1, 0.15) is 5.82 Å². The summed E-state index contributed by atoms with van der Waals surface area (Å²) in [6.45, 7) is 1.93. The van der Waals surface area contributed by atoms with Crippen molar-refractivity contribution in [1.82, 2.24) is 5.32 Å². The number of ether oxygens (including phenoxy) is 2. The maximum absolute atomic E-state index is 14.4. The first-order chi connectivity index (χ1) is 11.5. The predicted molar refractivity (Wildman–Crippen MR) is 94.0 cm³/mol. The number of nitrogens with one attached hydrogen (secondary N) is 1. The maximum atomic E-state index is 14.4. The second-order valence-electron chi connectivity index (χ2n) is 6.15. The highest BCUT2D eigenvalue weighted by atomic mass is 32.1. The van der Waals surface area contributed by atoms with Crippen LogP contribution >= 0.6 is 12.2 Å². The molecule has 0 aromatic heterocycles. The predicted octanol–water partition coefficient (Wildman–Crippen LogP) is 3.77. The van der Waals surface area contributed by atoms with Gasteiger partial charge in [-0.15, -0.1) is 0 Å². The molecular weight excluding hydrogens is 327 g/mol. The second-order valence-corrected chi connectivity index (χ2v) is 6.54. The van der Waals surface area contributed by atoms with Crippen LogP contribution in [-0.4, -0.2) is 17.9 Å². The highest BCUT2D eigenvalue weighted by Gasteiger charge is 2.49. The molecular formula is C18H17FN2O2S. The van der Waals surface area contributed by atoms with E-state index in [0.29, 0.717) is 28.7 Å². The van der Waals surface area contributed by atoms with Crippen molar-refractivity contribution in [3.8, 4) is 11.5 Å². The standard InChI is InChI=1S/C18H17FN2O2S/c1-18-10-13(11-6-5-9-15(22-2)16(11)23-18)20-17(24)21(18)14-8-4-3-7-12(14)19/h3-9,13H,10H2,1-2H3,(H,20,24). The van der Waals surface area contributed by atoms with Crippen LogP contribution in [0.2, 0.25) is 0 Å². The molecule has 1 saturated heterocycles. The van der Waals surface area contributed by atoms with Gasteiger partial charge in [-0.25, -0.2) is 4.39 Å². The van der Waals surface area contributed by atoms with Gasteiger partial charge in [0.05, 0.1) is 18.8 Å². The van der Waals surface area contributed by atoms with Gasteiger partial charge in [-0.1, -0.05) is 24.3 Å². The van der Waals surface area contributed by atoms with E-state index in [9.17, 15) is 4.39 Å². The Morgan fingerprint density at radius 3 is 2.83 bits per heavy atom. The number of methoxy groups -OCH3 is 1. The minimum absolute atomic E-state index is 0.00405. The number of benzene rings is 2. The molecule has 0 spiro atoms. The zero-order valence-electron chi connectivity index (χ0n) is 13.4. The Hall–Kier alpha value is -2.34. The topological polar surface area (TPSA) is 33.7 Å². The highest BCUT2D eigenvalue weighted by Crippen LogP contribution is 2.49. The number of rotatable bonds is 2. The van der Waals surface area contributed by atoms with E-state index in [2.05, 4.69) is 5.32 Å². The zero-order chi connectivity index (χ0) is 16.9. The van der Waals surface area contributed by atoms with Crippen molar-refractivity contribution in [3.63, 3.8) is 0 Å². The first-order valence-electron chi connectivity index (χ1n) is 7.75. The van der Waals surface area contributed by atoms with Gasteiger partial charge in [0, 0.05) is 12.0 Å². The average molecular weight is 344 g/mol. The SMILES string of the molecule is COc1cccc2c1OC1(C)CC2NC(=S)N1c1ccccc1F. The summed E-state index contributed by atoms with van der Waals surface area (Å²) in [6, 6.07) is 12.4. The Morgan fingerprint density at radius 2 is 2.08 bits per heavy atom. The first kappa shape index (κ1) is 15.2. The summed E-state index contributed by atoms with van der Waals surface area (Å²) >= 11 is 5.52. The van der Waals surface area contributed by atoms with Crippen LogP contribution in [0.15, 0.2) is 42.5 Å². The molecule has 124 valence electrons. The zero-order valence-corrected chi connectivity index (χ0v) is 14.2. The third kappa shape index (κ3) is 2.13. The van der Waals surface area contributed by atoms with E-state index in [4.69, 9.17) is 21.7 Å². The number of hydrogen-bond acceptors (Lipinski definition) is 3. The fraction of sp³-hybridized carbons (Fsp3) is 0.278. The second kappa shape index (κ2) is 5.34. The molecule has 1 fully saturated rings. The number of nitrogens with zero attached hydrogens (tertiary/aromatic N) is 1. The Morgan fingerprint density at radius 1 is 1.29 bits per heavy atom. The Labute approximate surface area is 145 Å². The summed E-state index contributed by atoms with van der Waals surface area (Å²) in [7, 11) is 1.61. The van der Waals surface area contributed by atoms with Crippen molar-refractivity contribution in [1.29, 1.82) is 0 Å². The Balaban J connectivity index is 1.85. The number of anilines is 1. The summed E-state index contributed by atoms with van der Waals surface area (Å²) in [6.07, 6.45) is 0.641. The maximum Gasteiger partial charge on any atom is 0.188 e. The summed E-state index contributed by atoms with van der Waals surface area (Å²) in [5.74, 6) is 0.998. The molecule has 1 N–H and O–H groups in total. The van der Waals surface area contributed by atoms with E-state index in [0.717, 1.165) is 5.56 Å². The fourth-order valence-corrected chi connectivity index (χ4v) is 3.95. The van der Waals surface area contributed by atoms with Crippen LogP contribution in [0.5, 0.6) is 11.5 Å². The normalized spacial score (nSPS) is 24.7. The summed E-state index contributed by atoms with van der Waals surface area (Å²) in [5.41, 5.74) is 0.605. The summed E-state index contributed by atoms with van der Waals surface area (Å²) in [5, 5.41) is 3.76. The number of hydrogen-bond donors (Lipinski definition) is 1. The van der Waals surface area contributed by atoms with Crippen LogP contribution in [0.25, 0.3) is 0 Å². The molecule has 0 radical (unpaired) electrons. The first-order valence-corrected chi connectivity index (χ1v) is 8.15. The minimum Gasteiger partial charge on any atom is -0.493 e. The van der Waals surface area contributed by atoms with Crippen molar-refractivity contribution in [2.45, 2.75) is 25.1 Å². The van der Waals surface area contributed by atoms with E-state index in [1.165, 1.54) is 6.07 Å². The minimum atomic E-state index is -0.795. The lowest BCUT2D eigenvalue weighted by Crippen LogP contribution is -2.65. The molecule has 2 atom stereocenters.